The van der Waals surface area contributed by atoms with Crippen molar-refractivity contribution in [2.45, 2.75) is 13.0 Å². The maximum Gasteiger partial charge on any atom is 0.294 e. The predicted octanol–water partition coefficient (Wildman–Crippen LogP) is 4.79. The summed E-state index contributed by atoms with van der Waals surface area (Å²) >= 11 is 0. The van der Waals surface area contributed by atoms with Gasteiger partial charge in [0.1, 0.15) is 5.76 Å². The van der Waals surface area contributed by atoms with E-state index in [9.17, 15) is 32.7 Å². The van der Waals surface area contributed by atoms with Crippen LogP contribution in [-0.4, -0.2) is 66.5 Å². The molecule has 1 fully saturated rings. The number of piperazine rings is 1. The quantitative estimate of drug-likeness (QED) is 0.124. The molecule has 0 spiro atoms. The molecule has 0 bridgehead atoms. The fourth-order valence-electron chi connectivity index (χ4n) is 5.37. The number of ketones is 1. The van der Waals surface area contributed by atoms with E-state index in [-0.39, 0.29) is 24.1 Å². The SMILES string of the molecule is CN(C)c1ccc(N2CCN(C(=O)C(=O)/C=C(\O)c3cc(Cc4cc(F)c(F)c(F)c4)cn(Cc4ccccc4)c3=O)CC2)cc1. The Morgan fingerprint density at radius 3 is 2.09 bits per heavy atom. The third-order valence-electron chi connectivity index (χ3n) is 7.84. The lowest BCUT2D eigenvalue weighted by atomic mass is 10.0. The van der Waals surface area contributed by atoms with Crippen LogP contribution in [-0.2, 0) is 22.6 Å². The van der Waals surface area contributed by atoms with E-state index in [0.29, 0.717) is 31.7 Å². The molecule has 1 aliphatic heterocycles. The minimum absolute atomic E-state index is 0.0922. The Morgan fingerprint density at radius 1 is 0.848 bits per heavy atom. The van der Waals surface area contributed by atoms with Crippen LogP contribution in [0.15, 0.2) is 89.9 Å². The van der Waals surface area contributed by atoms with Crippen molar-refractivity contribution in [1.29, 1.82) is 0 Å². The second-order valence-electron chi connectivity index (χ2n) is 11.3. The molecule has 8 nitrogen and oxygen atoms in total. The van der Waals surface area contributed by atoms with Gasteiger partial charge in [0.15, 0.2) is 17.5 Å². The number of hydrogen-bond donors (Lipinski definition) is 1. The van der Waals surface area contributed by atoms with Crippen molar-refractivity contribution in [3.63, 3.8) is 0 Å². The highest BCUT2D eigenvalue weighted by Crippen LogP contribution is 2.22. The topological polar surface area (TPSA) is 86.1 Å². The Kier molecular flexibility index (Phi) is 9.60. The van der Waals surface area contributed by atoms with E-state index >= 15 is 0 Å². The highest BCUT2D eigenvalue weighted by molar-refractivity contribution is 6.41. The molecule has 238 valence electrons. The van der Waals surface area contributed by atoms with Gasteiger partial charge in [0.25, 0.3) is 11.5 Å². The van der Waals surface area contributed by atoms with Crippen molar-refractivity contribution in [3.05, 3.63) is 135 Å². The molecule has 0 atom stereocenters. The zero-order chi connectivity index (χ0) is 33.0. The maximum atomic E-state index is 13.9. The van der Waals surface area contributed by atoms with E-state index < -0.39 is 40.5 Å². The summed E-state index contributed by atoms with van der Waals surface area (Å²) in [4.78, 5) is 44.9. The number of pyridine rings is 1. The molecule has 1 N–H and O–H groups in total. The number of aliphatic hydroxyl groups excluding tert-OH is 1. The highest BCUT2D eigenvalue weighted by atomic mass is 19.2. The third kappa shape index (κ3) is 7.31. The summed E-state index contributed by atoms with van der Waals surface area (Å²) in [6, 6.07) is 20.0. The first kappa shape index (κ1) is 32.1. The van der Waals surface area contributed by atoms with Gasteiger partial charge in [-0.05, 0) is 65.6 Å². The second kappa shape index (κ2) is 13.8. The van der Waals surface area contributed by atoms with E-state index in [2.05, 4.69) is 4.90 Å². The number of hydrogen-bond acceptors (Lipinski definition) is 6. The zero-order valence-corrected chi connectivity index (χ0v) is 25.4. The molecule has 0 unspecified atom stereocenters. The lowest BCUT2D eigenvalue weighted by Gasteiger charge is -2.35. The van der Waals surface area contributed by atoms with Crippen LogP contribution in [0.2, 0.25) is 0 Å². The molecule has 2 heterocycles. The van der Waals surface area contributed by atoms with Crippen molar-refractivity contribution >= 4 is 28.8 Å². The Balaban J connectivity index is 1.35. The van der Waals surface area contributed by atoms with E-state index in [1.807, 2.05) is 49.3 Å². The smallest absolute Gasteiger partial charge is 0.294 e. The predicted molar refractivity (Wildman–Crippen MR) is 171 cm³/mol. The summed E-state index contributed by atoms with van der Waals surface area (Å²) in [5, 5.41) is 11.0. The number of benzene rings is 3. The molecular formula is C35H33F3N4O4. The van der Waals surface area contributed by atoms with Gasteiger partial charge in [-0.15, -0.1) is 0 Å². The molecule has 5 rings (SSSR count). The van der Waals surface area contributed by atoms with Crippen molar-refractivity contribution in [1.82, 2.24) is 9.47 Å². The molecule has 1 aliphatic rings. The number of anilines is 2. The average Bonchev–Trinajstić information content (AvgIpc) is 3.05. The van der Waals surface area contributed by atoms with Gasteiger partial charge in [0, 0.05) is 63.9 Å². The molecule has 3 aromatic carbocycles. The van der Waals surface area contributed by atoms with Crippen LogP contribution in [0.4, 0.5) is 24.5 Å². The summed E-state index contributed by atoms with van der Waals surface area (Å²) < 4.78 is 42.6. The Bertz CT molecular complexity index is 1810. The van der Waals surface area contributed by atoms with Gasteiger partial charge in [-0.3, -0.25) is 14.4 Å². The molecule has 0 radical (unpaired) electrons. The Hall–Kier alpha value is -5.32. The summed E-state index contributed by atoms with van der Waals surface area (Å²) in [6.07, 6.45) is 2.07. The number of carbonyl (C=O) groups excluding carboxylic acids is 2. The first-order chi connectivity index (χ1) is 22.0. The van der Waals surface area contributed by atoms with Gasteiger partial charge < -0.3 is 24.4 Å². The van der Waals surface area contributed by atoms with E-state index in [1.165, 1.54) is 21.7 Å². The molecular weight excluding hydrogens is 597 g/mol. The third-order valence-corrected chi connectivity index (χ3v) is 7.84. The monoisotopic (exact) mass is 630 g/mol. The molecule has 46 heavy (non-hydrogen) atoms. The van der Waals surface area contributed by atoms with Crippen molar-refractivity contribution in [3.8, 4) is 0 Å². The summed E-state index contributed by atoms with van der Waals surface area (Å²) in [5.41, 5.74) is 2.34. The van der Waals surface area contributed by atoms with Gasteiger partial charge in [-0.1, -0.05) is 30.3 Å². The molecule has 0 saturated carbocycles. The first-order valence-electron chi connectivity index (χ1n) is 14.7. The van der Waals surface area contributed by atoms with E-state index in [4.69, 9.17) is 0 Å². The minimum atomic E-state index is -1.60. The van der Waals surface area contributed by atoms with Gasteiger partial charge >= 0.3 is 0 Å². The van der Waals surface area contributed by atoms with E-state index in [0.717, 1.165) is 35.1 Å². The van der Waals surface area contributed by atoms with Crippen LogP contribution < -0.4 is 15.4 Å². The van der Waals surface area contributed by atoms with Crippen molar-refractivity contribution < 1.29 is 27.9 Å². The Labute approximate surface area is 264 Å². The van der Waals surface area contributed by atoms with Crippen molar-refractivity contribution in [2.24, 2.45) is 0 Å². The van der Waals surface area contributed by atoms with Crippen LogP contribution in [0.1, 0.15) is 22.3 Å². The first-order valence-corrected chi connectivity index (χ1v) is 14.7. The molecule has 4 aromatic rings. The molecule has 1 aromatic heterocycles. The highest BCUT2D eigenvalue weighted by Gasteiger charge is 2.26. The number of carbonyl (C=O) groups is 2. The molecule has 1 amide bonds. The van der Waals surface area contributed by atoms with Crippen LogP contribution in [0, 0.1) is 17.5 Å². The Morgan fingerprint density at radius 2 is 1.48 bits per heavy atom. The number of amides is 1. The number of rotatable bonds is 9. The number of aromatic nitrogens is 1. The number of halogens is 3. The van der Waals surface area contributed by atoms with Crippen LogP contribution in [0.25, 0.3) is 5.76 Å². The molecule has 1 saturated heterocycles. The lowest BCUT2D eigenvalue weighted by molar-refractivity contribution is -0.142. The fourth-order valence-corrected chi connectivity index (χ4v) is 5.37. The fraction of sp³-hybridized carbons (Fsp3) is 0.229. The van der Waals surface area contributed by atoms with Crippen LogP contribution in [0.3, 0.4) is 0 Å². The number of nitrogens with zero attached hydrogens (tertiary/aromatic N) is 4. The van der Waals surface area contributed by atoms with Gasteiger partial charge in [0.2, 0.25) is 5.78 Å². The zero-order valence-electron chi connectivity index (χ0n) is 25.4. The maximum absolute atomic E-state index is 13.9. The van der Waals surface area contributed by atoms with Gasteiger partial charge in [-0.25, -0.2) is 13.2 Å². The minimum Gasteiger partial charge on any atom is -0.507 e. The normalized spacial score (nSPS) is 13.5. The second-order valence-corrected chi connectivity index (χ2v) is 11.3. The standard InChI is InChI=1S/C35H33F3N4O4/c1-39(2)26-8-10-27(11-9-26)40-12-14-41(15-13-40)35(46)32(44)20-31(43)28-17-25(16-24-18-29(36)33(38)30(37)19-24)22-42(34(28)45)21-23-6-4-3-5-7-23/h3-11,17-20,22,43H,12-16,21H2,1-2H3/b31-20-. The average molecular weight is 631 g/mol. The van der Waals surface area contributed by atoms with Crippen LogP contribution >= 0.6 is 0 Å². The number of aliphatic hydroxyl groups is 1. The van der Waals surface area contributed by atoms with E-state index in [1.54, 1.807) is 24.3 Å². The van der Waals surface area contributed by atoms with Gasteiger partial charge in [-0.2, -0.15) is 0 Å². The summed E-state index contributed by atoms with van der Waals surface area (Å²) in [7, 11) is 3.91. The van der Waals surface area contributed by atoms with Crippen molar-refractivity contribution in [2.75, 3.05) is 50.1 Å². The molecule has 0 aliphatic carbocycles. The summed E-state index contributed by atoms with van der Waals surface area (Å²) in [6.45, 7) is 1.69. The lowest BCUT2D eigenvalue weighted by Crippen LogP contribution is -2.50. The van der Waals surface area contributed by atoms with Crippen LogP contribution in [0.5, 0.6) is 0 Å². The largest absolute Gasteiger partial charge is 0.507 e. The summed E-state index contributed by atoms with van der Waals surface area (Å²) in [5.74, 6) is -6.84. The molecule has 11 heteroatoms. The van der Waals surface area contributed by atoms with Gasteiger partial charge in [0.05, 0.1) is 12.1 Å².